The Kier molecular flexibility index (Phi) is 6.12. The zero-order valence-corrected chi connectivity index (χ0v) is 19.2. The number of aryl methyl sites for hydroxylation is 2. The molecule has 0 aromatic heterocycles. The molecule has 160 valence electrons. The van der Waals surface area contributed by atoms with Gasteiger partial charge in [-0.15, -0.1) is 5.73 Å². The number of allylic oxidation sites excluding steroid dienone is 1. The molecule has 0 spiro atoms. The Morgan fingerprint density at radius 1 is 0.933 bits per heavy atom. The summed E-state index contributed by atoms with van der Waals surface area (Å²) < 4.78 is 55.0. The molecule has 0 saturated heterocycles. The second-order valence-electron chi connectivity index (χ2n) is 8.27. The number of hydrogen-bond acceptors (Lipinski definition) is 5. The Bertz CT molecular complexity index is 1200. The lowest BCUT2D eigenvalue weighted by molar-refractivity contribution is 0.101. The van der Waals surface area contributed by atoms with E-state index in [1.807, 2.05) is 27.7 Å². The molecule has 1 fully saturated rings. The largest absolute Gasteiger partial charge is 0.296 e. The molecule has 7 heteroatoms. The fourth-order valence-electron chi connectivity index (χ4n) is 3.28. The van der Waals surface area contributed by atoms with Crippen molar-refractivity contribution in [3.8, 4) is 0 Å². The van der Waals surface area contributed by atoms with E-state index in [2.05, 4.69) is 5.73 Å². The molecule has 1 unspecified atom stereocenters. The normalized spacial score (nSPS) is 18.4. The van der Waals surface area contributed by atoms with Crippen molar-refractivity contribution in [2.24, 2.45) is 11.3 Å². The van der Waals surface area contributed by atoms with Crippen molar-refractivity contribution in [1.82, 2.24) is 0 Å². The Labute approximate surface area is 179 Å². The van der Waals surface area contributed by atoms with Gasteiger partial charge < -0.3 is 0 Å². The third kappa shape index (κ3) is 4.76. The topological polar surface area (TPSA) is 77.5 Å². The van der Waals surface area contributed by atoms with Gasteiger partial charge in [-0.2, -0.15) is 8.42 Å². The van der Waals surface area contributed by atoms with Crippen molar-refractivity contribution in [1.29, 1.82) is 0 Å². The zero-order valence-electron chi connectivity index (χ0n) is 17.5. The van der Waals surface area contributed by atoms with Gasteiger partial charge in [0.05, 0.1) is 21.8 Å². The van der Waals surface area contributed by atoms with E-state index in [0.717, 1.165) is 22.1 Å². The highest BCUT2D eigenvalue weighted by molar-refractivity contribution is 7.94. The first-order valence-corrected chi connectivity index (χ1v) is 12.6. The molecular weight excluding hydrogens is 420 g/mol. The standard InChI is InChI=1S/C23H26O5S2/c1-17-5-9-21(10-6-17)29(24,25)14-13-19-15-20(23(19,3)4)16-28-30(26,27)22-11-7-18(2)8-12-22/h5-12,14,20H,15-16H2,1-4H3. The number of sulfone groups is 1. The molecule has 5 nitrogen and oxygen atoms in total. The van der Waals surface area contributed by atoms with Crippen molar-refractivity contribution in [3.63, 3.8) is 0 Å². The van der Waals surface area contributed by atoms with Gasteiger partial charge in [-0.1, -0.05) is 49.2 Å². The van der Waals surface area contributed by atoms with Gasteiger partial charge >= 0.3 is 0 Å². The van der Waals surface area contributed by atoms with E-state index in [9.17, 15) is 16.8 Å². The lowest BCUT2D eigenvalue weighted by atomic mass is 9.59. The van der Waals surface area contributed by atoms with Crippen LogP contribution in [-0.2, 0) is 24.1 Å². The average Bonchev–Trinajstić information content (AvgIpc) is 2.67. The summed E-state index contributed by atoms with van der Waals surface area (Å²) in [6, 6.07) is 13.2. The summed E-state index contributed by atoms with van der Waals surface area (Å²) in [7, 11) is -7.40. The van der Waals surface area contributed by atoms with Crippen LogP contribution in [0.5, 0.6) is 0 Å². The molecule has 0 heterocycles. The minimum absolute atomic E-state index is 0.0408. The van der Waals surface area contributed by atoms with Gasteiger partial charge in [-0.3, -0.25) is 4.18 Å². The zero-order chi connectivity index (χ0) is 22.2. The van der Waals surface area contributed by atoms with Gasteiger partial charge in [0.15, 0.2) is 0 Å². The van der Waals surface area contributed by atoms with Crippen molar-refractivity contribution < 1.29 is 21.0 Å². The predicted octanol–water partition coefficient (Wildman–Crippen LogP) is 4.57. The first-order valence-electron chi connectivity index (χ1n) is 9.66. The molecule has 2 aromatic carbocycles. The van der Waals surface area contributed by atoms with E-state index in [0.29, 0.717) is 6.42 Å². The van der Waals surface area contributed by atoms with Crippen molar-refractivity contribution in [3.05, 3.63) is 76.4 Å². The van der Waals surface area contributed by atoms with E-state index in [1.54, 1.807) is 36.4 Å². The summed E-state index contributed by atoms with van der Waals surface area (Å²) >= 11 is 0. The van der Waals surface area contributed by atoms with E-state index in [-0.39, 0.29) is 22.3 Å². The molecule has 0 amide bonds. The van der Waals surface area contributed by atoms with Crippen LogP contribution in [0.4, 0.5) is 0 Å². The summed E-state index contributed by atoms with van der Waals surface area (Å²) in [5.74, 6) is -0.0456. The third-order valence-electron chi connectivity index (χ3n) is 5.72. The van der Waals surface area contributed by atoms with Crippen LogP contribution in [0.3, 0.4) is 0 Å². The Morgan fingerprint density at radius 2 is 1.43 bits per heavy atom. The van der Waals surface area contributed by atoms with Gasteiger partial charge in [0.25, 0.3) is 10.1 Å². The highest BCUT2D eigenvalue weighted by atomic mass is 32.2. The summed E-state index contributed by atoms with van der Waals surface area (Å²) in [5.41, 5.74) is 5.31. The van der Waals surface area contributed by atoms with Gasteiger partial charge in [0.2, 0.25) is 9.84 Å². The molecule has 0 aliphatic heterocycles. The monoisotopic (exact) mass is 446 g/mol. The van der Waals surface area contributed by atoms with Crippen molar-refractivity contribution in [2.45, 2.75) is 43.9 Å². The van der Waals surface area contributed by atoms with E-state index >= 15 is 0 Å². The van der Waals surface area contributed by atoms with Gasteiger partial charge in [-0.05, 0) is 61.4 Å². The van der Waals surface area contributed by atoms with E-state index in [1.165, 1.54) is 12.1 Å². The highest BCUT2D eigenvalue weighted by Crippen LogP contribution is 2.50. The molecule has 1 saturated carbocycles. The lowest BCUT2D eigenvalue weighted by Crippen LogP contribution is -2.40. The lowest BCUT2D eigenvalue weighted by Gasteiger charge is -2.45. The van der Waals surface area contributed by atoms with Crippen LogP contribution in [0.1, 0.15) is 31.4 Å². The molecule has 1 aliphatic carbocycles. The van der Waals surface area contributed by atoms with Crippen LogP contribution in [0.25, 0.3) is 0 Å². The minimum atomic E-state index is -3.82. The summed E-state index contributed by atoms with van der Waals surface area (Å²) in [6.45, 7) is 7.70. The van der Waals surface area contributed by atoms with Gasteiger partial charge in [0.1, 0.15) is 0 Å². The molecule has 30 heavy (non-hydrogen) atoms. The second kappa shape index (κ2) is 8.16. The number of rotatable bonds is 6. The average molecular weight is 447 g/mol. The van der Waals surface area contributed by atoms with Crippen molar-refractivity contribution >= 4 is 20.0 Å². The van der Waals surface area contributed by atoms with Gasteiger partial charge in [0, 0.05) is 0 Å². The molecule has 2 aromatic rings. The SMILES string of the molecule is Cc1ccc(S(=O)(=O)C=C=C2CC(COS(=O)(=O)c3ccc(C)cc3)C2(C)C)cc1. The maximum Gasteiger partial charge on any atom is 0.296 e. The van der Waals surface area contributed by atoms with Crippen LogP contribution in [0.2, 0.25) is 0 Å². The predicted molar refractivity (Wildman–Crippen MR) is 116 cm³/mol. The van der Waals surface area contributed by atoms with Crippen LogP contribution < -0.4 is 0 Å². The first kappa shape index (κ1) is 22.5. The van der Waals surface area contributed by atoms with Crippen LogP contribution in [-0.4, -0.2) is 23.4 Å². The smallest absolute Gasteiger partial charge is 0.266 e. The number of benzene rings is 2. The number of hydrogen-bond donors (Lipinski definition) is 0. The van der Waals surface area contributed by atoms with Gasteiger partial charge in [-0.25, -0.2) is 8.42 Å². The van der Waals surface area contributed by atoms with Crippen LogP contribution >= 0.6 is 0 Å². The minimum Gasteiger partial charge on any atom is -0.266 e. The summed E-state index contributed by atoms with van der Waals surface area (Å²) in [5, 5.41) is 1.11. The van der Waals surface area contributed by atoms with E-state index < -0.39 is 25.4 Å². The quantitative estimate of drug-likeness (QED) is 0.480. The maximum absolute atomic E-state index is 12.5. The Balaban J connectivity index is 1.70. The maximum atomic E-state index is 12.5. The third-order valence-corrected chi connectivity index (χ3v) is 8.37. The fraction of sp³-hybridized carbons (Fsp3) is 0.348. The molecule has 0 radical (unpaired) electrons. The first-order chi connectivity index (χ1) is 13.9. The highest BCUT2D eigenvalue weighted by Gasteiger charge is 2.44. The second-order valence-corrected chi connectivity index (χ2v) is 11.7. The van der Waals surface area contributed by atoms with Crippen LogP contribution in [0.15, 0.2) is 75.0 Å². The molecule has 3 rings (SSSR count). The molecule has 1 atom stereocenters. The van der Waals surface area contributed by atoms with Crippen LogP contribution in [0, 0.1) is 25.2 Å². The summed E-state index contributed by atoms with van der Waals surface area (Å²) in [4.78, 5) is 0.354. The molecule has 1 aliphatic rings. The van der Waals surface area contributed by atoms with Crippen molar-refractivity contribution in [2.75, 3.05) is 6.61 Å². The Hall–Kier alpha value is -2.18. The molecule has 0 N–H and O–H groups in total. The fourth-order valence-corrected chi connectivity index (χ4v) is 5.18. The Morgan fingerprint density at radius 3 is 1.93 bits per heavy atom. The molecule has 0 bridgehead atoms. The summed E-state index contributed by atoms with van der Waals surface area (Å²) in [6.07, 6.45) is 0.538. The molecular formula is C23H26O5S2. The van der Waals surface area contributed by atoms with E-state index in [4.69, 9.17) is 4.18 Å².